The molecule has 5 rings (SSSR count). The van der Waals surface area contributed by atoms with Gasteiger partial charge >= 0.3 is 0 Å². The minimum atomic E-state index is -0.267. The van der Waals surface area contributed by atoms with Gasteiger partial charge in [-0.2, -0.15) is 5.10 Å². The predicted molar refractivity (Wildman–Crippen MR) is 102 cm³/mol. The first-order valence-electron chi connectivity index (χ1n) is 9.02. The minimum absolute atomic E-state index is 0.267. The van der Waals surface area contributed by atoms with Gasteiger partial charge in [0.2, 0.25) is 0 Å². The van der Waals surface area contributed by atoms with Crippen LogP contribution in [0.5, 0.6) is 0 Å². The summed E-state index contributed by atoms with van der Waals surface area (Å²) in [5, 5.41) is 9.78. The molecule has 0 atom stereocenters. The van der Waals surface area contributed by atoms with Crippen molar-refractivity contribution in [1.29, 1.82) is 0 Å². The predicted octanol–water partition coefficient (Wildman–Crippen LogP) is 4.32. The fourth-order valence-electron chi connectivity index (χ4n) is 3.79. The fourth-order valence-corrected chi connectivity index (χ4v) is 3.79. The Kier molecular flexibility index (Phi) is 3.68. The fraction of sp³-hybridized carbons (Fsp3) is 0.238. The molecule has 0 bridgehead atoms. The Bertz CT molecular complexity index is 1100. The summed E-state index contributed by atoms with van der Waals surface area (Å²) in [6, 6.07) is 13.9. The molecule has 1 fully saturated rings. The maximum atomic E-state index is 14.7. The molecule has 0 unspecified atom stereocenters. The van der Waals surface area contributed by atoms with Gasteiger partial charge in [-0.05, 0) is 67.4 Å². The van der Waals surface area contributed by atoms with Crippen LogP contribution in [-0.2, 0) is 0 Å². The van der Waals surface area contributed by atoms with Gasteiger partial charge < -0.3 is 5.32 Å². The molecule has 0 spiro atoms. The van der Waals surface area contributed by atoms with E-state index >= 15 is 0 Å². The average molecular weight is 346 g/mol. The number of nitrogens with zero attached hydrogens (tertiary/aromatic N) is 3. The quantitative estimate of drug-likeness (QED) is 0.588. The van der Waals surface area contributed by atoms with Crippen molar-refractivity contribution in [1.82, 2.24) is 20.1 Å². The summed E-state index contributed by atoms with van der Waals surface area (Å²) in [7, 11) is 0. The smallest absolute Gasteiger partial charge is 0.151 e. The SMILES string of the molecule is Fc1cc(-c2ccc3ncccc3c2)cc2cn(C3CCNCC3)nc12. The summed E-state index contributed by atoms with van der Waals surface area (Å²) in [5.41, 5.74) is 3.25. The molecule has 1 aliphatic rings. The molecule has 0 amide bonds. The summed E-state index contributed by atoms with van der Waals surface area (Å²) in [6.07, 6.45) is 5.82. The van der Waals surface area contributed by atoms with E-state index in [0.717, 1.165) is 53.3 Å². The lowest BCUT2D eigenvalue weighted by Gasteiger charge is -2.22. The van der Waals surface area contributed by atoms with Gasteiger partial charge in [0.05, 0.1) is 11.6 Å². The van der Waals surface area contributed by atoms with Crippen molar-refractivity contribution >= 4 is 21.8 Å². The topological polar surface area (TPSA) is 42.7 Å². The number of aromatic nitrogens is 3. The molecule has 1 aliphatic heterocycles. The number of rotatable bonds is 2. The summed E-state index contributed by atoms with van der Waals surface area (Å²) in [4.78, 5) is 4.35. The van der Waals surface area contributed by atoms with Gasteiger partial charge in [0.1, 0.15) is 5.52 Å². The Balaban J connectivity index is 1.59. The van der Waals surface area contributed by atoms with Crippen molar-refractivity contribution in [2.75, 3.05) is 13.1 Å². The van der Waals surface area contributed by atoms with Crippen LogP contribution in [0.15, 0.2) is 54.9 Å². The molecule has 2 aromatic heterocycles. The Morgan fingerprint density at radius 3 is 2.73 bits per heavy atom. The number of hydrogen-bond donors (Lipinski definition) is 1. The van der Waals surface area contributed by atoms with Crippen molar-refractivity contribution in [3.8, 4) is 11.1 Å². The maximum absolute atomic E-state index is 14.7. The summed E-state index contributed by atoms with van der Waals surface area (Å²) < 4.78 is 16.7. The zero-order valence-corrected chi connectivity index (χ0v) is 14.3. The number of pyridine rings is 1. The molecule has 130 valence electrons. The van der Waals surface area contributed by atoms with Crippen LogP contribution in [0.4, 0.5) is 4.39 Å². The number of fused-ring (bicyclic) bond motifs is 2. The molecule has 3 heterocycles. The Hall–Kier alpha value is -2.79. The highest BCUT2D eigenvalue weighted by atomic mass is 19.1. The molecule has 26 heavy (non-hydrogen) atoms. The third-order valence-electron chi connectivity index (χ3n) is 5.20. The highest BCUT2D eigenvalue weighted by Gasteiger charge is 2.18. The monoisotopic (exact) mass is 346 g/mol. The van der Waals surface area contributed by atoms with Crippen molar-refractivity contribution in [3.05, 3.63) is 60.7 Å². The van der Waals surface area contributed by atoms with E-state index in [1.165, 1.54) is 0 Å². The lowest BCUT2D eigenvalue weighted by atomic mass is 10.0. The van der Waals surface area contributed by atoms with Crippen LogP contribution >= 0.6 is 0 Å². The first-order chi connectivity index (χ1) is 12.8. The van der Waals surface area contributed by atoms with Crippen molar-refractivity contribution < 1.29 is 4.39 Å². The van der Waals surface area contributed by atoms with Crippen LogP contribution in [0.2, 0.25) is 0 Å². The molecule has 2 aromatic carbocycles. The van der Waals surface area contributed by atoms with Crippen LogP contribution in [0.1, 0.15) is 18.9 Å². The van der Waals surface area contributed by atoms with E-state index in [9.17, 15) is 4.39 Å². The minimum Gasteiger partial charge on any atom is -0.317 e. The van der Waals surface area contributed by atoms with Gasteiger partial charge in [-0.25, -0.2) is 4.39 Å². The van der Waals surface area contributed by atoms with Crippen LogP contribution < -0.4 is 5.32 Å². The first kappa shape index (κ1) is 15.5. The lowest BCUT2D eigenvalue weighted by molar-refractivity contribution is 0.344. The van der Waals surface area contributed by atoms with Gasteiger partial charge in [0, 0.05) is 23.2 Å². The average Bonchev–Trinajstić information content (AvgIpc) is 3.13. The second-order valence-corrected chi connectivity index (χ2v) is 6.90. The molecule has 4 aromatic rings. The van der Waals surface area contributed by atoms with Crippen LogP contribution in [0, 0.1) is 5.82 Å². The normalized spacial score (nSPS) is 15.7. The molecule has 5 heteroatoms. The summed E-state index contributed by atoms with van der Waals surface area (Å²) in [6.45, 7) is 1.97. The number of nitrogens with one attached hydrogen (secondary N) is 1. The number of hydrogen-bond acceptors (Lipinski definition) is 3. The second kappa shape index (κ2) is 6.18. The van der Waals surface area contributed by atoms with E-state index < -0.39 is 0 Å². The van der Waals surface area contributed by atoms with Crippen LogP contribution in [0.25, 0.3) is 32.9 Å². The van der Waals surface area contributed by atoms with E-state index in [-0.39, 0.29) is 5.82 Å². The van der Waals surface area contributed by atoms with Crippen LogP contribution in [0.3, 0.4) is 0 Å². The number of piperidine rings is 1. The Morgan fingerprint density at radius 2 is 1.85 bits per heavy atom. The molecular formula is C21H19FN4. The Morgan fingerprint density at radius 1 is 1.00 bits per heavy atom. The third-order valence-corrected chi connectivity index (χ3v) is 5.20. The summed E-state index contributed by atoms with van der Waals surface area (Å²) in [5.74, 6) is -0.267. The van der Waals surface area contributed by atoms with Gasteiger partial charge in [-0.3, -0.25) is 9.67 Å². The molecule has 1 saturated heterocycles. The molecule has 0 saturated carbocycles. The second-order valence-electron chi connectivity index (χ2n) is 6.90. The van der Waals surface area contributed by atoms with Gasteiger partial charge in [0.25, 0.3) is 0 Å². The molecule has 0 aliphatic carbocycles. The maximum Gasteiger partial charge on any atom is 0.151 e. The van der Waals surface area contributed by atoms with Crippen molar-refractivity contribution in [2.24, 2.45) is 0 Å². The number of benzene rings is 2. The molecular weight excluding hydrogens is 327 g/mol. The highest BCUT2D eigenvalue weighted by molar-refractivity contribution is 5.88. The van der Waals surface area contributed by atoms with E-state index in [2.05, 4.69) is 21.5 Å². The molecule has 0 radical (unpaired) electrons. The largest absolute Gasteiger partial charge is 0.317 e. The summed E-state index contributed by atoms with van der Waals surface area (Å²) >= 11 is 0. The van der Waals surface area contributed by atoms with Crippen molar-refractivity contribution in [2.45, 2.75) is 18.9 Å². The highest BCUT2D eigenvalue weighted by Crippen LogP contribution is 2.30. The third kappa shape index (κ3) is 2.65. The van der Waals surface area contributed by atoms with Gasteiger partial charge in [-0.15, -0.1) is 0 Å². The van der Waals surface area contributed by atoms with Crippen LogP contribution in [-0.4, -0.2) is 27.9 Å². The Labute approximate surface area is 150 Å². The number of halogens is 1. The van der Waals surface area contributed by atoms with E-state index in [1.807, 2.05) is 41.2 Å². The lowest BCUT2D eigenvalue weighted by Crippen LogP contribution is -2.29. The molecule has 1 N–H and O–H groups in total. The first-order valence-corrected chi connectivity index (χ1v) is 9.02. The van der Waals surface area contributed by atoms with Crippen molar-refractivity contribution in [3.63, 3.8) is 0 Å². The zero-order valence-electron chi connectivity index (χ0n) is 14.3. The van der Waals surface area contributed by atoms with E-state index in [1.54, 1.807) is 12.3 Å². The zero-order chi connectivity index (χ0) is 17.5. The van der Waals surface area contributed by atoms with Gasteiger partial charge in [0.15, 0.2) is 5.82 Å². The van der Waals surface area contributed by atoms with E-state index in [0.29, 0.717) is 11.6 Å². The van der Waals surface area contributed by atoms with Gasteiger partial charge in [-0.1, -0.05) is 12.1 Å². The standard InChI is InChI=1S/C21H19FN4/c22-19-12-16(14-3-4-20-15(10-14)2-1-7-24-20)11-17-13-26(25-21(17)19)18-5-8-23-9-6-18/h1-4,7,10-13,18,23H,5-6,8-9H2. The molecule has 4 nitrogen and oxygen atoms in total. The van der Waals surface area contributed by atoms with E-state index in [4.69, 9.17) is 0 Å².